The summed E-state index contributed by atoms with van der Waals surface area (Å²) in [7, 11) is 0. The monoisotopic (exact) mass is 238 g/mol. The van der Waals surface area contributed by atoms with Crippen molar-refractivity contribution in [3.8, 4) is 0 Å². The van der Waals surface area contributed by atoms with E-state index in [1.54, 1.807) is 6.07 Å². The fraction of sp³-hybridized carbons (Fsp3) is 0.100. The molecule has 0 spiro atoms. The number of halogens is 1. The first-order valence-electron chi connectivity index (χ1n) is 3.86. The van der Waals surface area contributed by atoms with E-state index >= 15 is 0 Å². The minimum atomic E-state index is -0.0121. The molecule has 1 heterocycles. The molecule has 0 unspecified atom stereocenters. The molecule has 1 aromatic heterocycles. The van der Waals surface area contributed by atoms with Crippen LogP contribution in [0.15, 0.2) is 38.1 Å². The molecule has 66 valence electrons. The lowest BCUT2D eigenvalue weighted by Crippen LogP contribution is -1.98. The van der Waals surface area contributed by atoms with Crippen molar-refractivity contribution >= 4 is 26.9 Å². The first-order valence-corrected chi connectivity index (χ1v) is 4.65. The highest BCUT2D eigenvalue weighted by molar-refractivity contribution is 9.10. The number of fused-ring (bicyclic) bond motifs is 1. The molecule has 3 heteroatoms. The summed E-state index contributed by atoms with van der Waals surface area (Å²) < 4.78 is 6.14. The van der Waals surface area contributed by atoms with E-state index in [9.17, 15) is 4.79 Å². The van der Waals surface area contributed by atoms with Crippen LogP contribution >= 0.6 is 15.9 Å². The van der Waals surface area contributed by atoms with Crippen LogP contribution < -0.4 is 5.43 Å². The van der Waals surface area contributed by atoms with Crippen molar-refractivity contribution in [2.45, 2.75) is 6.92 Å². The summed E-state index contributed by atoms with van der Waals surface area (Å²) in [5.74, 6) is 0. The fourth-order valence-electron chi connectivity index (χ4n) is 1.20. The van der Waals surface area contributed by atoms with Crippen molar-refractivity contribution in [2.75, 3.05) is 0 Å². The first-order chi connectivity index (χ1) is 6.18. The number of rotatable bonds is 0. The van der Waals surface area contributed by atoms with Gasteiger partial charge in [0.05, 0.1) is 11.6 Å². The van der Waals surface area contributed by atoms with E-state index in [1.807, 2.05) is 13.0 Å². The second kappa shape index (κ2) is 3.00. The summed E-state index contributed by atoms with van der Waals surface area (Å²) in [4.78, 5) is 11.4. The van der Waals surface area contributed by atoms with Gasteiger partial charge in [0.2, 0.25) is 0 Å². The van der Waals surface area contributed by atoms with Crippen LogP contribution in [0.2, 0.25) is 0 Å². The summed E-state index contributed by atoms with van der Waals surface area (Å²) in [5, 5.41) is 0.611. The van der Waals surface area contributed by atoms with Gasteiger partial charge in [-0.25, -0.2) is 0 Å². The van der Waals surface area contributed by atoms with Gasteiger partial charge in [-0.2, -0.15) is 0 Å². The highest BCUT2D eigenvalue weighted by atomic mass is 79.9. The van der Waals surface area contributed by atoms with Crippen LogP contribution in [0, 0.1) is 6.92 Å². The summed E-state index contributed by atoms with van der Waals surface area (Å²) in [6.07, 6.45) is 1.41. The van der Waals surface area contributed by atoms with Crippen LogP contribution in [0.1, 0.15) is 5.56 Å². The molecular formula is C10H7BrO2. The van der Waals surface area contributed by atoms with Crippen molar-refractivity contribution < 1.29 is 4.42 Å². The van der Waals surface area contributed by atoms with Gasteiger partial charge in [0.1, 0.15) is 5.58 Å². The van der Waals surface area contributed by atoms with Gasteiger partial charge in [0.25, 0.3) is 0 Å². The topological polar surface area (TPSA) is 30.2 Å². The molecule has 0 aliphatic heterocycles. The van der Waals surface area contributed by atoms with Crippen LogP contribution in [-0.4, -0.2) is 0 Å². The van der Waals surface area contributed by atoms with E-state index in [-0.39, 0.29) is 5.43 Å². The minimum Gasteiger partial charge on any atom is -0.464 e. The van der Waals surface area contributed by atoms with Crippen LogP contribution in [0.5, 0.6) is 0 Å². The van der Waals surface area contributed by atoms with Crippen molar-refractivity contribution in [3.63, 3.8) is 0 Å². The fourth-order valence-corrected chi connectivity index (χ4v) is 1.55. The SMILES string of the molecule is Cc1cc2occc(=O)c2cc1Br. The van der Waals surface area contributed by atoms with Gasteiger partial charge in [0.15, 0.2) is 5.43 Å². The first kappa shape index (κ1) is 8.51. The van der Waals surface area contributed by atoms with Crippen molar-refractivity contribution in [1.82, 2.24) is 0 Å². The van der Waals surface area contributed by atoms with Crippen LogP contribution in [0.3, 0.4) is 0 Å². The maximum Gasteiger partial charge on any atom is 0.192 e. The van der Waals surface area contributed by atoms with Gasteiger partial charge in [-0.3, -0.25) is 4.79 Å². The highest BCUT2D eigenvalue weighted by Crippen LogP contribution is 2.21. The van der Waals surface area contributed by atoms with Gasteiger partial charge in [-0.1, -0.05) is 15.9 Å². The largest absolute Gasteiger partial charge is 0.464 e. The van der Waals surface area contributed by atoms with E-state index in [0.29, 0.717) is 11.0 Å². The van der Waals surface area contributed by atoms with Gasteiger partial charge in [-0.15, -0.1) is 0 Å². The number of benzene rings is 1. The predicted molar refractivity (Wildman–Crippen MR) is 54.9 cm³/mol. The Morgan fingerprint density at radius 3 is 2.92 bits per heavy atom. The maximum absolute atomic E-state index is 11.4. The maximum atomic E-state index is 11.4. The molecule has 0 amide bonds. The molecule has 2 aromatic rings. The normalized spacial score (nSPS) is 10.6. The van der Waals surface area contributed by atoms with E-state index in [4.69, 9.17) is 4.42 Å². The Bertz CT molecular complexity index is 514. The van der Waals surface area contributed by atoms with Crippen LogP contribution in [0.4, 0.5) is 0 Å². The molecule has 0 aliphatic rings. The van der Waals surface area contributed by atoms with E-state index < -0.39 is 0 Å². The van der Waals surface area contributed by atoms with Crippen molar-refractivity contribution in [3.05, 3.63) is 44.7 Å². The Kier molecular flexibility index (Phi) is 1.96. The molecule has 0 N–H and O–H groups in total. The second-order valence-corrected chi connectivity index (χ2v) is 3.74. The molecule has 0 atom stereocenters. The van der Waals surface area contributed by atoms with E-state index in [1.165, 1.54) is 12.3 Å². The summed E-state index contributed by atoms with van der Waals surface area (Å²) in [5.41, 5.74) is 1.68. The molecule has 0 fully saturated rings. The average Bonchev–Trinajstić information content (AvgIpc) is 2.09. The average molecular weight is 239 g/mol. The quantitative estimate of drug-likeness (QED) is 0.707. The molecule has 2 nitrogen and oxygen atoms in total. The van der Waals surface area contributed by atoms with Gasteiger partial charge >= 0.3 is 0 Å². The van der Waals surface area contributed by atoms with E-state index in [2.05, 4.69) is 15.9 Å². The number of hydrogen-bond donors (Lipinski definition) is 0. The van der Waals surface area contributed by atoms with Crippen molar-refractivity contribution in [2.24, 2.45) is 0 Å². The molecule has 0 saturated carbocycles. The lowest BCUT2D eigenvalue weighted by molar-refractivity contribution is 0.602. The molecule has 0 saturated heterocycles. The minimum absolute atomic E-state index is 0.0121. The Morgan fingerprint density at radius 2 is 2.15 bits per heavy atom. The predicted octanol–water partition coefficient (Wildman–Crippen LogP) is 2.86. The molecular weight excluding hydrogens is 232 g/mol. The van der Waals surface area contributed by atoms with E-state index in [0.717, 1.165) is 10.0 Å². The highest BCUT2D eigenvalue weighted by Gasteiger charge is 2.02. The summed E-state index contributed by atoms with van der Waals surface area (Å²) in [6.45, 7) is 1.95. The number of hydrogen-bond acceptors (Lipinski definition) is 2. The zero-order valence-electron chi connectivity index (χ0n) is 7.00. The summed E-state index contributed by atoms with van der Waals surface area (Å²) >= 11 is 3.37. The number of aryl methyl sites for hydroxylation is 1. The van der Waals surface area contributed by atoms with Crippen LogP contribution in [-0.2, 0) is 0 Å². The van der Waals surface area contributed by atoms with Gasteiger partial charge in [-0.05, 0) is 24.6 Å². The zero-order valence-corrected chi connectivity index (χ0v) is 8.59. The Hall–Kier alpha value is -1.09. The summed E-state index contributed by atoms with van der Waals surface area (Å²) in [6, 6.07) is 5.06. The third-order valence-corrected chi connectivity index (χ3v) is 2.80. The second-order valence-electron chi connectivity index (χ2n) is 2.88. The van der Waals surface area contributed by atoms with Gasteiger partial charge in [0, 0.05) is 10.5 Å². The third kappa shape index (κ3) is 1.40. The standard InChI is InChI=1S/C10H7BrO2/c1-6-4-10-7(5-8(6)11)9(12)2-3-13-10/h2-5H,1H3. The Morgan fingerprint density at radius 1 is 1.38 bits per heavy atom. The molecule has 0 aliphatic carbocycles. The smallest absolute Gasteiger partial charge is 0.192 e. The molecule has 0 radical (unpaired) electrons. The lowest BCUT2D eigenvalue weighted by Gasteiger charge is -1.99. The zero-order chi connectivity index (χ0) is 9.42. The lowest BCUT2D eigenvalue weighted by atomic mass is 10.2. The Labute approximate surface area is 83.3 Å². The molecule has 2 rings (SSSR count). The Balaban J connectivity index is 2.97. The van der Waals surface area contributed by atoms with Crippen LogP contribution in [0.25, 0.3) is 11.0 Å². The molecule has 0 bridgehead atoms. The van der Waals surface area contributed by atoms with Gasteiger partial charge < -0.3 is 4.42 Å². The molecule has 1 aromatic carbocycles. The third-order valence-electron chi connectivity index (χ3n) is 1.94. The molecule has 13 heavy (non-hydrogen) atoms. The van der Waals surface area contributed by atoms with Crippen molar-refractivity contribution in [1.29, 1.82) is 0 Å².